The van der Waals surface area contributed by atoms with Gasteiger partial charge in [-0.05, 0) is 6.07 Å². The van der Waals surface area contributed by atoms with Crippen LogP contribution in [0.25, 0.3) is 0 Å². The van der Waals surface area contributed by atoms with E-state index in [0.717, 1.165) is 6.07 Å². The van der Waals surface area contributed by atoms with Crippen LogP contribution >= 0.6 is 11.6 Å². The van der Waals surface area contributed by atoms with Crippen molar-refractivity contribution >= 4 is 17.4 Å². The van der Waals surface area contributed by atoms with E-state index in [-0.39, 0.29) is 17.2 Å². The summed E-state index contributed by atoms with van der Waals surface area (Å²) in [5, 5.41) is 0. The molecule has 0 saturated heterocycles. The maximum atomic E-state index is 13.0. The molecule has 0 radical (unpaired) electrons. The highest BCUT2D eigenvalue weighted by molar-refractivity contribution is 6.30. The van der Waals surface area contributed by atoms with Gasteiger partial charge < -0.3 is 4.74 Å². The molecule has 5 heteroatoms. The largest absolute Gasteiger partial charge is 0.494 e. The zero-order valence-corrected chi connectivity index (χ0v) is 8.07. The van der Waals surface area contributed by atoms with Gasteiger partial charge in [0.1, 0.15) is 5.82 Å². The second-order valence-electron chi connectivity index (χ2n) is 2.52. The van der Waals surface area contributed by atoms with E-state index in [1.54, 1.807) is 0 Å². The van der Waals surface area contributed by atoms with Gasteiger partial charge in [-0.3, -0.25) is 4.79 Å². The highest BCUT2D eigenvalue weighted by Crippen LogP contribution is 2.21. The number of benzene rings is 1. The summed E-state index contributed by atoms with van der Waals surface area (Å²) in [4.78, 5) is 11.1. The molecule has 0 aliphatic heterocycles. The molecule has 0 saturated carbocycles. The van der Waals surface area contributed by atoms with Crippen LogP contribution in [0.2, 0.25) is 0 Å². The quantitative estimate of drug-likeness (QED) is 0.578. The topological polar surface area (TPSA) is 26.3 Å². The molecule has 0 fully saturated rings. The third-order valence-corrected chi connectivity index (χ3v) is 1.91. The summed E-state index contributed by atoms with van der Waals surface area (Å²) in [6, 6.07) is 1.59. The number of ketones is 1. The molecule has 14 heavy (non-hydrogen) atoms. The molecule has 0 heterocycles. The molecular formula is C9H7ClF2O2. The number of carbonyl (C=O) groups is 1. The molecule has 0 aromatic heterocycles. The summed E-state index contributed by atoms with van der Waals surface area (Å²) in [5.74, 6) is -2.93. The number of halogens is 3. The van der Waals surface area contributed by atoms with Crippen molar-refractivity contribution in [1.29, 1.82) is 0 Å². The van der Waals surface area contributed by atoms with Crippen LogP contribution in [0.1, 0.15) is 10.4 Å². The summed E-state index contributed by atoms with van der Waals surface area (Å²) in [6.07, 6.45) is 0. The van der Waals surface area contributed by atoms with Gasteiger partial charge in [0.05, 0.1) is 18.6 Å². The zero-order chi connectivity index (χ0) is 10.7. The summed E-state index contributed by atoms with van der Waals surface area (Å²) in [7, 11) is 1.23. The molecule has 0 spiro atoms. The van der Waals surface area contributed by atoms with Gasteiger partial charge in [-0.1, -0.05) is 0 Å². The second kappa shape index (κ2) is 4.37. The van der Waals surface area contributed by atoms with Crippen LogP contribution in [0.15, 0.2) is 12.1 Å². The van der Waals surface area contributed by atoms with Crippen LogP contribution in [-0.2, 0) is 0 Å². The normalized spacial score (nSPS) is 10.0. The average Bonchev–Trinajstić information content (AvgIpc) is 2.17. The molecule has 1 aromatic rings. The minimum absolute atomic E-state index is 0.181. The SMILES string of the molecule is COc1cc(C(=O)CCl)c(F)cc1F. The van der Waals surface area contributed by atoms with E-state index in [4.69, 9.17) is 11.6 Å². The van der Waals surface area contributed by atoms with Crippen molar-refractivity contribution in [3.8, 4) is 5.75 Å². The number of carbonyl (C=O) groups excluding carboxylic acids is 1. The Bertz CT molecular complexity index is 366. The lowest BCUT2D eigenvalue weighted by molar-refractivity contribution is 0.101. The highest BCUT2D eigenvalue weighted by atomic mass is 35.5. The molecule has 1 rings (SSSR count). The van der Waals surface area contributed by atoms with Crippen molar-refractivity contribution in [3.63, 3.8) is 0 Å². The third-order valence-electron chi connectivity index (χ3n) is 1.66. The number of hydrogen-bond donors (Lipinski definition) is 0. The zero-order valence-electron chi connectivity index (χ0n) is 7.31. The van der Waals surface area contributed by atoms with Crippen molar-refractivity contribution < 1.29 is 18.3 Å². The van der Waals surface area contributed by atoms with Crippen LogP contribution in [0, 0.1) is 11.6 Å². The van der Waals surface area contributed by atoms with Crippen LogP contribution in [-0.4, -0.2) is 18.8 Å². The van der Waals surface area contributed by atoms with E-state index in [0.29, 0.717) is 6.07 Å². The Morgan fingerprint density at radius 1 is 1.43 bits per heavy atom. The molecule has 0 amide bonds. The summed E-state index contributed by atoms with van der Waals surface area (Å²) >= 11 is 5.24. The third kappa shape index (κ3) is 2.01. The molecule has 0 aliphatic carbocycles. The van der Waals surface area contributed by atoms with Gasteiger partial charge in [-0.2, -0.15) is 0 Å². The molecule has 0 N–H and O–H groups in total. The maximum Gasteiger partial charge on any atom is 0.180 e. The van der Waals surface area contributed by atoms with Crippen molar-refractivity contribution in [2.75, 3.05) is 13.0 Å². The van der Waals surface area contributed by atoms with Gasteiger partial charge in [0, 0.05) is 6.07 Å². The predicted octanol–water partition coefficient (Wildman–Crippen LogP) is 2.39. The van der Waals surface area contributed by atoms with Crippen LogP contribution in [0.4, 0.5) is 8.78 Å². The molecule has 0 unspecified atom stereocenters. The Kier molecular flexibility index (Phi) is 3.41. The molecule has 1 aromatic carbocycles. The minimum atomic E-state index is -0.936. The maximum absolute atomic E-state index is 13.0. The highest BCUT2D eigenvalue weighted by Gasteiger charge is 2.15. The Morgan fingerprint density at radius 3 is 2.57 bits per heavy atom. The predicted molar refractivity (Wildman–Crippen MR) is 48.0 cm³/mol. The number of Topliss-reactive ketones (excluding diaryl/α,β-unsaturated/α-hetero) is 1. The summed E-state index contributed by atoms with van der Waals surface area (Å²) in [6.45, 7) is 0. The monoisotopic (exact) mass is 220 g/mol. The van der Waals surface area contributed by atoms with Gasteiger partial charge in [0.15, 0.2) is 17.3 Å². The summed E-state index contributed by atoms with van der Waals surface area (Å²) in [5.41, 5.74) is -0.266. The van der Waals surface area contributed by atoms with Gasteiger partial charge in [-0.25, -0.2) is 8.78 Å². The Morgan fingerprint density at radius 2 is 2.07 bits per heavy atom. The molecular weight excluding hydrogens is 214 g/mol. The van der Waals surface area contributed by atoms with Gasteiger partial charge in [0.25, 0.3) is 0 Å². The minimum Gasteiger partial charge on any atom is -0.494 e. The van der Waals surface area contributed by atoms with Gasteiger partial charge in [-0.15, -0.1) is 11.6 Å². The first-order chi connectivity index (χ1) is 6.60. The van der Waals surface area contributed by atoms with E-state index in [9.17, 15) is 13.6 Å². The molecule has 76 valence electrons. The Hall–Kier alpha value is -1.16. The number of ether oxygens (including phenoxy) is 1. The van der Waals surface area contributed by atoms with E-state index >= 15 is 0 Å². The average molecular weight is 221 g/mol. The number of rotatable bonds is 3. The van der Waals surface area contributed by atoms with E-state index in [1.165, 1.54) is 7.11 Å². The number of methoxy groups -OCH3 is 1. The molecule has 2 nitrogen and oxygen atoms in total. The van der Waals surface area contributed by atoms with E-state index < -0.39 is 17.4 Å². The Labute approximate surface area is 84.4 Å². The lowest BCUT2D eigenvalue weighted by Crippen LogP contribution is -2.05. The fourth-order valence-corrected chi connectivity index (χ4v) is 1.12. The van der Waals surface area contributed by atoms with Gasteiger partial charge in [0.2, 0.25) is 0 Å². The molecule has 0 atom stereocenters. The van der Waals surface area contributed by atoms with Crippen molar-refractivity contribution in [2.24, 2.45) is 0 Å². The van der Waals surface area contributed by atoms with E-state index in [1.807, 2.05) is 0 Å². The van der Waals surface area contributed by atoms with Crippen LogP contribution < -0.4 is 4.74 Å². The van der Waals surface area contributed by atoms with Crippen LogP contribution in [0.5, 0.6) is 5.75 Å². The first-order valence-corrected chi connectivity index (χ1v) is 4.25. The van der Waals surface area contributed by atoms with Crippen molar-refractivity contribution in [1.82, 2.24) is 0 Å². The lowest BCUT2D eigenvalue weighted by atomic mass is 10.1. The van der Waals surface area contributed by atoms with E-state index in [2.05, 4.69) is 4.74 Å². The number of alkyl halides is 1. The van der Waals surface area contributed by atoms with Crippen molar-refractivity contribution in [3.05, 3.63) is 29.3 Å². The van der Waals surface area contributed by atoms with Crippen molar-refractivity contribution in [2.45, 2.75) is 0 Å². The van der Waals surface area contributed by atoms with Crippen LogP contribution in [0.3, 0.4) is 0 Å². The fraction of sp³-hybridized carbons (Fsp3) is 0.222. The molecule has 0 bridgehead atoms. The summed E-state index contributed by atoms with van der Waals surface area (Å²) < 4.78 is 30.5. The van der Waals surface area contributed by atoms with Gasteiger partial charge >= 0.3 is 0 Å². The smallest absolute Gasteiger partial charge is 0.180 e. The lowest BCUT2D eigenvalue weighted by Gasteiger charge is -2.05. The first-order valence-electron chi connectivity index (χ1n) is 3.72. The second-order valence-corrected chi connectivity index (χ2v) is 2.79. The fourth-order valence-electron chi connectivity index (χ4n) is 0.971. The first kappa shape index (κ1) is 10.9. The molecule has 0 aliphatic rings. The standard InChI is InChI=1S/C9H7ClF2O2/c1-14-9-2-5(8(13)4-10)6(11)3-7(9)12/h2-3H,4H2,1H3. The Balaban J connectivity index is 3.24. The number of hydrogen-bond acceptors (Lipinski definition) is 2.